The molecule has 1 saturated carbocycles. The number of Topliss-reactive ketones (excluding diaryl/α,β-unsaturated/α-hetero) is 2. The normalized spacial score (nSPS) is 20.1. The number of aliphatic hydroxyl groups is 1. The highest BCUT2D eigenvalue weighted by molar-refractivity contribution is 6.24. The summed E-state index contributed by atoms with van der Waals surface area (Å²) in [6, 6.07) is 6.62. The fourth-order valence-electron chi connectivity index (χ4n) is 3.89. The number of phenols is 1. The molecule has 0 bridgehead atoms. The summed E-state index contributed by atoms with van der Waals surface area (Å²) in [5.74, 6) is 0.416. The van der Waals surface area contributed by atoms with E-state index in [4.69, 9.17) is 4.52 Å². The summed E-state index contributed by atoms with van der Waals surface area (Å²) in [5.41, 5.74) is 2.10. The van der Waals surface area contributed by atoms with Crippen LogP contribution in [-0.2, 0) is 17.6 Å². The number of hydrogen-bond acceptors (Lipinski definition) is 7. The van der Waals surface area contributed by atoms with Gasteiger partial charge in [-0.05, 0) is 31.4 Å². The zero-order chi connectivity index (χ0) is 20.4. The minimum atomic E-state index is -0.166. The molecule has 4 rings (SSSR count). The summed E-state index contributed by atoms with van der Waals surface area (Å²) in [7, 11) is 0. The first kappa shape index (κ1) is 19.1. The van der Waals surface area contributed by atoms with Crippen LogP contribution in [0.5, 0.6) is 5.75 Å². The minimum Gasteiger partial charge on any atom is -0.511 e. The predicted octanol–water partition coefficient (Wildman–Crippen LogP) is 4.17. The SMILES string of the molecule is O=C1CCCC(=Nc2ccccc2O)C1=C(O)CCc1noc2c1C(=O)CCC2. The first-order chi connectivity index (χ1) is 14.0. The number of aromatic nitrogens is 1. The second-order valence-corrected chi connectivity index (χ2v) is 7.35. The van der Waals surface area contributed by atoms with Gasteiger partial charge in [0.05, 0.1) is 22.5 Å². The van der Waals surface area contributed by atoms with Crippen molar-refractivity contribution in [2.45, 2.75) is 51.4 Å². The van der Waals surface area contributed by atoms with Crippen molar-refractivity contribution in [2.24, 2.45) is 4.99 Å². The molecule has 2 aliphatic rings. The Bertz CT molecular complexity index is 1030. The molecule has 2 aromatic rings. The van der Waals surface area contributed by atoms with E-state index in [1.54, 1.807) is 18.2 Å². The Labute approximate surface area is 167 Å². The maximum absolute atomic E-state index is 12.5. The van der Waals surface area contributed by atoms with Crippen molar-refractivity contribution in [1.82, 2.24) is 5.16 Å². The molecule has 0 atom stereocenters. The number of phenolic OH excluding ortho intramolecular Hbond substituents is 1. The van der Waals surface area contributed by atoms with Gasteiger partial charge in [-0.15, -0.1) is 0 Å². The molecule has 1 aromatic heterocycles. The van der Waals surface area contributed by atoms with Crippen LogP contribution in [0.15, 0.2) is 45.1 Å². The molecule has 7 nitrogen and oxygen atoms in total. The van der Waals surface area contributed by atoms with E-state index in [1.165, 1.54) is 6.07 Å². The van der Waals surface area contributed by atoms with Gasteiger partial charge in [0.15, 0.2) is 11.6 Å². The van der Waals surface area contributed by atoms with Crippen molar-refractivity contribution < 1.29 is 24.3 Å². The maximum atomic E-state index is 12.5. The predicted molar refractivity (Wildman–Crippen MR) is 106 cm³/mol. The van der Waals surface area contributed by atoms with Gasteiger partial charge in [0.25, 0.3) is 0 Å². The van der Waals surface area contributed by atoms with Crippen LogP contribution < -0.4 is 0 Å². The number of fused-ring (bicyclic) bond motifs is 1. The number of aliphatic imine (C=N–C) groups is 1. The Kier molecular flexibility index (Phi) is 5.29. The minimum absolute atomic E-state index is 0.0181. The van der Waals surface area contributed by atoms with E-state index in [9.17, 15) is 19.8 Å². The van der Waals surface area contributed by atoms with Crippen molar-refractivity contribution in [3.8, 4) is 5.75 Å². The Balaban J connectivity index is 1.61. The molecule has 0 spiro atoms. The lowest BCUT2D eigenvalue weighted by molar-refractivity contribution is -0.115. The summed E-state index contributed by atoms with van der Waals surface area (Å²) in [6.45, 7) is 0. The molecule has 7 heteroatoms. The van der Waals surface area contributed by atoms with Crippen LogP contribution >= 0.6 is 0 Å². The van der Waals surface area contributed by atoms with Gasteiger partial charge in [-0.3, -0.25) is 9.59 Å². The highest BCUT2D eigenvalue weighted by atomic mass is 16.5. The average Bonchev–Trinajstić information content (AvgIpc) is 3.12. The van der Waals surface area contributed by atoms with Crippen LogP contribution in [0, 0.1) is 0 Å². The topological polar surface area (TPSA) is 113 Å². The van der Waals surface area contributed by atoms with Crippen LogP contribution in [0.4, 0.5) is 5.69 Å². The van der Waals surface area contributed by atoms with E-state index in [2.05, 4.69) is 10.1 Å². The summed E-state index contributed by atoms with van der Waals surface area (Å²) in [4.78, 5) is 29.1. The highest BCUT2D eigenvalue weighted by Crippen LogP contribution is 2.31. The van der Waals surface area contributed by atoms with Crippen molar-refractivity contribution in [3.63, 3.8) is 0 Å². The lowest BCUT2D eigenvalue weighted by Crippen LogP contribution is -2.21. The first-order valence-corrected chi connectivity index (χ1v) is 9.86. The summed E-state index contributed by atoms with van der Waals surface area (Å²) in [6.07, 6.45) is 3.92. The van der Waals surface area contributed by atoms with Gasteiger partial charge in [0.1, 0.15) is 23.0 Å². The molecule has 0 radical (unpaired) electrons. The Morgan fingerprint density at radius 3 is 2.66 bits per heavy atom. The van der Waals surface area contributed by atoms with Crippen LogP contribution in [0.25, 0.3) is 0 Å². The molecule has 1 aromatic carbocycles. The third kappa shape index (κ3) is 3.85. The van der Waals surface area contributed by atoms with Crippen molar-refractivity contribution in [1.29, 1.82) is 0 Å². The number of para-hydroxylation sites is 2. The number of ketones is 2. The van der Waals surface area contributed by atoms with Gasteiger partial charge in [-0.25, -0.2) is 4.99 Å². The van der Waals surface area contributed by atoms with E-state index in [1.807, 2.05) is 0 Å². The molecule has 29 heavy (non-hydrogen) atoms. The number of carbonyl (C=O) groups is 2. The first-order valence-electron chi connectivity index (χ1n) is 9.86. The second-order valence-electron chi connectivity index (χ2n) is 7.35. The number of allylic oxidation sites excluding steroid dienone is 2. The van der Waals surface area contributed by atoms with Gasteiger partial charge >= 0.3 is 0 Å². The molecular formula is C22H22N2O5. The number of carbonyl (C=O) groups excluding carboxylic acids is 2. The monoisotopic (exact) mass is 394 g/mol. The number of aromatic hydroxyl groups is 1. The van der Waals surface area contributed by atoms with E-state index in [-0.39, 0.29) is 35.1 Å². The summed E-state index contributed by atoms with van der Waals surface area (Å²) in [5, 5.41) is 24.7. The Hall–Kier alpha value is -3.22. The highest BCUT2D eigenvalue weighted by Gasteiger charge is 2.28. The zero-order valence-electron chi connectivity index (χ0n) is 16.0. The largest absolute Gasteiger partial charge is 0.511 e. The Morgan fingerprint density at radius 2 is 1.83 bits per heavy atom. The third-order valence-electron chi connectivity index (χ3n) is 5.33. The number of aryl methyl sites for hydroxylation is 2. The van der Waals surface area contributed by atoms with Crippen molar-refractivity contribution >= 4 is 23.0 Å². The van der Waals surface area contributed by atoms with E-state index in [0.29, 0.717) is 66.9 Å². The molecule has 0 aliphatic heterocycles. The van der Waals surface area contributed by atoms with Gasteiger partial charge in [-0.2, -0.15) is 0 Å². The third-order valence-corrected chi connectivity index (χ3v) is 5.33. The van der Waals surface area contributed by atoms with Crippen LogP contribution in [0.2, 0.25) is 0 Å². The molecule has 150 valence electrons. The molecule has 0 amide bonds. The molecule has 2 aliphatic carbocycles. The van der Waals surface area contributed by atoms with E-state index >= 15 is 0 Å². The van der Waals surface area contributed by atoms with Crippen LogP contribution in [-0.4, -0.2) is 32.6 Å². The summed E-state index contributed by atoms with van der Waals surface area (Å²) >= 11 is 0. The van der Waals surface area contributed by atoms with Gasteiger partial charge in [0, 0.05) is 32.1 Å². The molecular weight excluding hydrogens is 372 g/mol. The van der Waals surface area contributed by atoms with Gasteiger partial charge < -0.3 is 14.7 Å². The van der Waals surface area contributed by atoms with Crippen LogP contribution in [0.1, 0.15) is 60.3 Å². The standard InChI is InChI=1S/C22H22N2O5/c25-16-7-2-1-5-13(16)23-14-6-3-8-17(26)21(14)19(28)12-11-15-22-18(27)9-4-10-20(22)29-24-15/h1-2,5,7,25,28H,3-4,6,8-12H2. The number of nitrogens with zero attached hydrogens (tertiary/aromatic N) is 2. The number of hydrogen-bond donors (Lipinski definition) is 2. The summed E-state index contributed by atoms with van der Waals surface area (Å²) < 4.78 is 5.28. The molecule has 1 heterocycles. The average molecular weight is 394 g/mol. The number of aliphatic hydroxyl groups excluding tert-OH is 1. The van der Waals surface area contributed by atoms with E-state index < -0.39 is 0 Å². The molecule has 2 N–H and O–H groups in total. The maximum Gasteiger partial charge on any atom is 0.168 e. The van der Waals surface area contributed by atoms with Crippen molar-refractivity contribution in [3.05, 3.63) is 52.6 Å². The molecule has 1 fully saturated rings. The smallest absolute Gasteiger partial charge is 0.168 e. The van der Waals surface area contributed by atoms with E-state index in [0.717, 1.165) is 6.42 Å². The zero-order valence-corrected chi connectivity index (χ0v) is 16.0. The fraction of sp³-hybridized carbons (Fsp3) is 0.364. The molecule has 0 unspecified atom stereocenters. The number of rotatable bonds is 4. The quantitative estimate of drug-likeness (QED) is 0.594. The molecule has 0 saturated heterocycles. The van der Waals surface area contributed by atoms with Gasteiger partial charge in [0.2, 0.25) is 0 Å². The lowest BCUT2D eigenvalue weighted by atomic mass is 9.88. The Morgan fingerprint density at radius 1 is 1.07 bits per heavy atom. The second kappa shape index (κ2) is 8.03. The van der Waals surface area contributed by atoms with Crippen LogP contribution in [0.3, 0.4) is 0 Å². The lowest BCUT2D eigenvalue weighted by Gasteiger charge is -2.18. The fourth-order valence-corrected chi connectivity index (χ4v) is 3.89. The van der Waals surface area contributed by atoms with Gasteiger partial charge in [-0.1, -0.05) is 17.3 Å². The van der Waals surface area contributed by atoms with Crippen molar-refractivity contribution in [2.75, 3.05) is 0 Å². The number of benzene rings is 1.